The van der Waals surface area contributed by atoms with E-state index in [1.54, 1.807) is 6.20 Å². The fourth-order valence-electron chi connectivity index (χ4n) is 2.24. The molecule has 0 saturated heterocycles. The minimum atomic E-state index is -0.829. The molecule has 1 unspecified atom stereocenters. The molecule has 0 aliphatic carbocycles. The Hall–Kier alpha value is -2.30. The number of fused-ring (bicyclic) bond motifs is 1. The first kappa shape index (κ1) is 12.7. The highest BCUT2D eigenvalue weighted by Gasteiger charge is 2.11. The topological polar surface area (TPSA) is 72.0 Å². The van der Waals surface area contributed by atoms with E-state index in [1.807, 2.05) is 30.3 Å². The number of aliphatic hydroxyl groups is 1. The summed E-state index contributed by atoms with van der Waals surface area (Å²) < 4.78 is 0. The largest absolute Gasteiger partial charge is 0.384 e. The van der Waals surface area contributed by atoms with Gasteiger partial charge in [-0.25, -0.2) is 9.97 Å². The Morgan fingerprint density at radius 2 is 1.85 bits per heavy atom. The Morgan fingerprint density at radius 1 is 1.05 bits per heavy atom. The summed E-state index contributed by atoms with van der Waals surface area (Å²) in [5, 5.41) is 12.0. The van der Waals surface area contributed by atoms with E-state index in [1.165, 1.54) is 0 Å². The number of aliphatic hydroxyl groups excluding tert-OH is 1. The van der Waals surface area contributed by atoms with Crippen LogP contribution in [0.4, 0.5) is 0 Å². The van der Waals surface area contributed by atoms with Crippen molar-refractivity contribution in [3.63, 3.8) is 0 Å². The van der Waals surface area contributed by atoms with Crippen LogP contribution in [0.15, 0.2) is 54.7 Å². The van der Waals surface area contributed by atoms with Gasteiger partial charge in [0.2, 0.25) is 0 Å². The molecule has 3 aromatic rings. The standard InChI is InChI=1S/C16H15N3O/c17-10-15(20)16-18-9-8-14(19-16)13-7-3-5-11-4-1-2-6-12(11)13/h1-9,15,20H,10,17H2. The van der Waals surface area contributed by atoms with Crippen LogP contribution in [0.2, 0.25) is 0 Å². The molecule has 4 heteroatoms. The van der Waals surface area contributed by atoms with Crippen LogP contribution in [-0.2, 0) is 0 Å². The first-order valence-corrected chi connectivity index (χ1v) is 6.49. The van der Waals surface area contributed by atoms with Gasteiger partial charge in [0.05, 0.1) is 5.69 Å². The molecule has 100 valence electrons. The van der Waals surface area contributed by atoms with Crippen LogP contribution in [0.5, 0.6) is 0 Å². The summed E-state index contributed by atoms with van der Waals surface area (Å²) in [6.07, 6.45) is 0.822. The van der Waals surface area contributed by atoms with Crippen molar-refractivity contribution in [2.75, 3.05) is 6.54 Å². The molecule has 1 atom stereocenters. The van der Waals surface area contributed by atoms with E-state index >= 15 is 0 Å². The average molecular weight is 265 g/mol. The molecule has 20 heavy (non-hydrogen) atoms. The smallest absolute Gasteiger partial charge is 0.158 e. The highest BCUT2D eigenvalue weighted by Crippen LogP contribution is 2.27. The summed E-state index contributed by atoms with van der Waals surface area (Å²) in [6, 6.07) is 16.1. The zero-order valence-electron chi connectivity index (χ0n) is 10.9. The quantitative estimate of drug-likeness (QED) is 0.762. The van der Waals surface area contributed by atoms with Crippen LogP contribution >= 0.6 is 0 Å². The van der Waals surface area contributed by atoms with Gasteiger partial charge in [-0.1, -0.05) is 42.5 Å². The van der Waals surface area contributed by atoms with Crippen LogP contribution < -0.4 is 5.73 Å². The molecule has 1 aromatic heterocycles. The normalized spacial score (nSPS) is 12.5. The van der Waals surface area contributed by atoms with Crippen LogP contribution in [0.3, 0.4) is 0 Å². The molecule has 0 aliphatic heterocycles. The lowest BCUT2D eigenvalue weighted by Gasteiger charge is -2.09. The second-order valence-electron chi connectivity index (χ2n) is 4.58. The third kappa shape index (κ3) is 2.27. The average Bonchev–Trinajstić information content (AvgIpc) is 2.53. The third-order valence-corrected chi connectivity index (χ3v) is 3.26. The molecule has 0 amide bonds. The lowest BCUT2D eigenvalue weighted by atomic mass is 10.0. The number of hydrogen-bond acceptors (Lipinski definition) is 4. The van der Waals surface area contributed by atoms with E-state index in [0.717, 1.165) is 22.0 Å². The van der Waals surface area contributed by atoms with Gasteiger partial charge in [-0.05, 0) is 16.8 Å². The van der Waals surface area contributed by atoms with E-state index < -0.39 is 6.10 Å². The lowest BCUT2D eigenvalue weighted by Crippen LogP contribution is -2.14. The number of aromatic nitrogens is 2. The van der Waals surface area contributed by atoms with Crippen LogP contribution in [0, 0.1) is 0 Å². The Kier molecular flexibility index (Phi) is 3.41. The maximum absolute atomic E-state index is 9.76. The highest BCUT2D eigenvalue weighted by molar-refractivity contribution is 5.95. The van der Waals surface area contributed by atoms with E-state index in [0.29, 0.717) is 5.82 Å². The maximum atomic E-state index is 9.76. The van der Waals surface area contributed by atoms with Crippen molar-refractivity contribution in [2.24, 2.45) is 5.73 Å². The number of benzene rings is 2. The number of hydrogen-bond donors (Lipinski definition) is 2. The van der Waals surface area contributed by atoms with Crippen LogP contribution in [0.25, 0.3) is 22.0 Å². The van der Waals surface area contributed by atoms with Gasteiger partial charge >= 0.3 is 0 Å². The molecule has 0 fully saturated rings. The first-order valence-electron chi connectivity index (χ1n) is 6.49. The minimum Gasteiger partial charge on any atom is -0.384 e. The molecule has 0 bridgehead atoms. The Morgan fingerprint density at radius 3 is 2.70 bits per heavy atom. The van der Waals surface area contributed by atoms with Crippen molar-refractivity contribution < 1.29 is 5.11 Å². The van der Waals surface area contributed by atoms with Gasteiger partial charge in [-0.3, -0.25) is 0 Å². The molecule has 0 saturated carbocycles. The molecule has 4 nitrogen and oxygen atoms in total. The van der Waals surface area contributed by atoms with Crippen LogP contribution in [-0.4, -0.2) is 21.6 Å². The summed E-state index contributed by atoms with van der Waals surface area (Å²) in [5.74, 6) is 0.359. The zero-order valence-corrected chi connectivity index (χ0v) is 10.9. The predicted molar refractivity (Wildman–Crippen MR) is 79.0 cm³/mol. The van der Waals surface area contributed by atoms with Gasteiger partial charge in [-0.2, -0.15) is 0 Å². The molecular weight excluding hydrogens is 250 g/mol. The van der Waals surface area contributed by atoms with E-state index in [9.17, 15) is 5.11 Å². The number of nitrogens with two attached hydrogens (primary N) is 1. The second-order valence-corrected chi connectivity index (χ2v) is 4.58. The molecule has 2 aromatic carbocycles. The van der Waals surface area contributed by atoms with Crippen molar-refractivity contribution in [2.45, 2.75) is 6.10 Å². The van der Waals surface area contributed by atoms with E-state index in [4.69, 9.17) is 5.73 Å². The Labute approximate surface area is 116 Å². The molecule has 0 radical (unpaired) electrons. The molecule has 3 N–H and O–H groups in total. The minimum absolute atomic E-state index is 0.110. The van der Waals surface area contributed by atoms with Crippen LogP contribution in [0.1, 0.15) is 11.9 Å². The van der Waals surface area contributed by atoms with E-state index in [2.05, 4.69) is 28.2 Å². The molecule has 3 rings (SSSR count). The summed E-state index contributed by atoms with van der Waals surface area (Å²) >= 11 is 0. The van der Waals surface area contributed by atoms with Gasteiger partial charge in [0.15, 0.2) is 5.82 Å². The Balaban J connectivity index is 2.16. The number of nitrogens with zero attached hydrogens (tertiary/aromatic N) is 2. The van der Waals surface area contributed by atoms with Gasteiger partial charge in [0.1, 0.15) is 6.10 Å². The predicted octanol–water partition coefficient (Wildman–Crippen LogP) is 2.29. The van der Waals surface area contributed by atoms with Gasteiger partial charge in [0.25, 0.3) is 0 Å². The molecular formula is C16H15N3O. The summed E-state index contributed by atoms with van der Waals surface area (Å²) in [5.41, 5.74) is 7.27. The fraction of sp³-hybridized carbons (Fsp3) is 0.125. The summed E-state index contributed by atoms with van der Waals surface area (Å²) in [7, 11) is 0. The number of rotatable bonds is 3. The zero-order chi connectivity index (χ0) is 13.9. The SMILES string of the molecule is NCC(O)c1nccc(-c2cccc3ccccc23)n1. The third-order valence-electron chi connectivity index (χ3n) is 3.26. The molecule has 1 heterocycles. The van der Waals surface area contributed by atoms with Crippen molar-refractivity contribution >= 4 is 10.8 Å². The van der Waals surface area contributed by atoms with Crippen molar-refractivity contribution in [3.8, 4) is 11.3 Å². The lowest BCUT2D eigenvalue weighted by molar-refractivity contribution is 0.176. The van der Waals surface area contributed by atoms with Crippen molar-refractivity contribution in [1.29, 1.82) is 0 Å². The monoisotopic (exact) mass is 265 g/mol. The van der Waals surface area contributed by atoms with E-state index in [-0.39, 0.29) is 6.54 Å². The fourth-order valence-corrected chi connectivity index (χ4v) is 2.24. The maximum Gasteiger partial charge on any atom is 0.158 e. The summed E-state index contributed by atoms with van der Waals surface area (Å²) in [6.45, 7) is 0.110. The second kappa shape index (κ2) is 5.36. The highest BCUT2D eigenvalue weighted by atomic mass is 16.3. The van der Waals surface area contributed by atoms with Gasteiger partial charge in [0, 0.05) is 18.3 Å². The van der Waals surface area contributed by atoms with Gasteiger partial charge in [-0.15, -0.1) is 0 Å². The van der Waals surface area contributed by atoms with Crippen molar-refractivity contribution in [3.05, 3.63) is 60.6 Å². The van der Waals surface area contributed by atoms with Gasteiger partial charge < -0.3 is 10.8 Å². The summed E-state index contributed by atoms with van der Waals surface area (Å²) in [4.78, 5) is 8.50. The Bertz CT molecular complexity index is 737. The van der Waals surface area contributed by atoms with Crippen molar-refractivity contribution in [1.82, 2.24) is 9.97 Å². The molecule has 0 aliphatic rings. The molecule has 0 spiro atoms. The first-order chi connectivity index (χ1) is 9.79.